The van der Waals surface area contributed by atoms with Crippen molar-refractivity contribution in [2.75, 3.05) is 17.7 Å². The zero-order chi connectivity index (χ0) is 14.9. The van der Waals surface area contributed by atoms with E-state index in [1.807, 2.05) is 7.05 Å². The average Bonchev–Trinajstić information content (AvgIpc) is 2.37. The molecule has 2 rings (SSSR count). The number of sulfonamides is 1. The number of primary sulfonamides is 1. The van der Waals surface area contributed by atoms with Crippen LogP contribution in [0.2, 0.25) is 0 Å². The lowest BCUT2D eigenvalue weighted by molar-refractivity contribution is 0.322. The maximum atomic E-state index is 11.5. The quantitative estimate of drug-likeness (QED) is 0.834. The van der Waals surface area contributed by atoms with E-state index in [9.17, 15) is 8.42 Å². The van der Waals surface area contributed by atoms with Crippen molar-refractivity contribution in [1.29, 1.82) is 0 Å². The molecule has 1 fully saturated rings. The molecule has 6 heteroatoms. The van der Waals surface area contributed by atoms with Crippen LogP contribution in [0.3, 0.4) is 0 Å². The van der Waals surface area contributed by atoms with E-state index in [1.54, 1.807) is 12.1 Å². The van der Waals surface area contributed by atoms with Gasteiger partial charge in [0.2, 0.25) is 10.0 Å². The largest absolute Gasteiger partial charge is 0.397 e. The molecule has 1 aromatic carbocycles. The predicted molar refractivity (Wildman–Crippen MR) is 82.1 cm³/mol. The van der Waals surface area contributed by atoms with Gasteiger partial charge in [0.05, 0.1) is 16.3 Å². The van der Waals surface area contributed by atoms with Crippen molar-refractivity contribution >= 4 is 21.4 Å². The number of benzene rings is 1. The monoisotopic (exact) mass is 297 g/mol. The Balaban J connectivity index is 2.35. The number of hydrogen-bond donors (Lipinski definition) is 2. The van der Waals surface area contributed by atoms with Crippen LogP contribution in [0.5, 0.6) is 0 Å². The van der Waals surface area contributed by atoms with E-state index in [0.29, 0.717) is 17.6 Å². The van der Waals surface area contributed by atoms with Gasteiger partial charge in [-0.3, -0.25) is 0 Å². The molecule has 20 heavy (non-hydrogen) atoms. The van der Waals surface area contributed by atoms with Gasteiger partial charge in [0, 0.05) is 13.1 Å². The van der Waals surface area contributed by atoms with Crippen molar-refractivity contribution in [1.82, 2.24) is 0 Å². The Kier molecular flexibility index (Phi) is 4.25. The Labute approximate surface area is 121 Å². The Morgan fingerprint density at radius 1 is 1.25 bits per heavy atom. The van der Waals surface area contributed by atoms with Crippen molar-refractivity contribution in [2.45, 2.75) is 43.5 Å². The molecule has 0 bridgehead atoms. The van der Waals surface area contributed by atoms with Crippen LogP contribution < -0.4 is 15.8 Å². The van der Waals surface area contributed by atoms with Crippen LogP contribution in [-0.2, 0) is 10.0 Å². The Bertz CT molecular complexity index is 586. The van der Waals surface area contributed by atoms with E-state index < -0.39 is 10.0 Å². The second kappa shape index (κ2) is 5.61. The third-order valence-electron chi connectivity index (χ3n) is 4.27. The van der Waals surface area contributed by atoms with Gasteiger partial charge in [-0.1, -0.05) is 19.8 Å². The van der Waals surface area contributed by atoms with Crippen molar-refractivity contribution in [2.24, 2.45) is 11.1 Å². The highest BCUT2D eigenvalue weighted by atomic mass is 32.2. The summed E-state index contributed by atoms with van der Waals surface area (Å²) in [5, 5.41) is 5.19. The number of rotatable bonds is 3. The molecule has 0 saturated heterocycles. The first-order valence-electron chi connectivity index (χ1n) is 6.96. The predicted octanol–water partition coefficient (Wildman–Crippen LogP) is 1.93. The molecule has 1 aliphatic carbocycles. The average molecular weight is 297 g/mol. The smallest absolute Gasteiger partial charge is 0.238 e. The molecule has 4 N–H and O–H groups in total. The molecule has 0 aromatic heterocycles. The molecule has 112 valence electrons. The molecule has 5 nitrogen and oxygen atoms in total. The first kappa shape index (κ1) is 15.1. The summed E-state index contributed by atoms with van der Waals surface area (Å²) in [6.45, 7) is 2.24. The minimum atomic E-state index is -3.70. The molecule has 0 amide bonds. The number of anilines is 2. The summed E-state index contributed by atoms with van der Waals surface area (Å²) in [4.78, 5) is 2.21. The Morgan fingerprint density at radius 3 is 2.50 bits per heavy atom. The van der Waals surface area contributed by atoms with Gasteiger partial charge in [0.1, 0.15) is 0 Å². The van der Waals surface area contributed by atoms with Crippen LogP contribution in [0.15, 0.2) is 23.1 Å². The standard InChI is InChI=1S/C14H23N3O2S/c1-10-5-3-4-6-13(10)17(2)14-9-11(20(16,18)19)7-8-12(14)15/h7-10,13H,3-6,15H2,1-2H3,(H2,16,18,19). The van der Waals surface area contributed by atoms with Gasteiger partial charge in [-0.25, -0.2) is 13.6 Å². The van der Waals surface area contributed by atoms with Crippen molar-refractivity contribution in [3.63, 3.8) is 0 Å². The molecule has 1 aromatic rings. The fourth-order valence-electron chi connectivity index (χ4n) is 3.06. The maximum Gasteiger partial charge on any atom is 0.238 e. The van der Waals surface area contributed by atoms with Gasteiger partial charge in [-0.05, 0) is 37.0 Å². The molecular formula is C14H23N3O2S. The van der Waals surface area contributed by atoms with E-state index in [0.717, 1.165) is 12.1 Å². The third kappa shape index (κ3) is 3.07. The van der Waals surface area contributed by atoms with Gasteiger partial charge < -0.3 is 10.6 Å². The molecule has 0 radical (unpaired) electrons. The summed E-state index contributed by atoms with van der Waals surface area (Å²) in [5.74, 6) is 0.575. The zero-order valence-electron chi connectivity index (χ0n) is 12.0. The summed E-state index contributed by atoms with van der Waals surface area (Å²) < 4.78 is 23.0. The van der Waals surface area contributed by atoms with Gasteiger partial charge in [0.25, 0.3) is 0 Å². The molecule has 0 heterocycles. The zero-order valence-corrected chi connectivity index (χ0v) is 12.9. The topological polar surface area (TPSA) is 89.4 Å². The van der Waals surface area contributed by atoms with Crippen LogP contribution >= 0.6 is 0 Å². The van der Waals surface area contributed by atoms with E-state index >= 15 is 0 Å². The van der Waals surface area contributed by atoms with Gasteiger partial charge in [0.15, 0.2) is 0 Å². The number of nitrogens with zero attached hydrogens (tertiary/aromatic N) is 1. The molecule has 0 aliphatic heterocycles. The highest BCUT2D eigenvalue weighted by Crippen LogP contribution is 2.33. The fraction of sp³-hybridized carbons (Fsp3) is 0.571. The van der Waals surface area contributed by atoms with Crippen LogP contribution in [0, 0.1) is 5.92 Å². The van der Waals surface area contributed by atoms with Crippen molar-refractivity contribution in [3.8, 4) is 0 Å². The Hall–Kier alpha value is -1.27. The minimum Gasteiger partial charge on any atom is -0.397 e. The summed E-state index contributed by atoms with van der Waals surface area (Å²) in [5.41, 5.74) is 7.34. The first-order valence-corrected chi connectivity index (χ1v) is 8.50. The third-order valence-corrected chi connectivity index (χ3v) is 5.19. The molecule has 0 spiro atoms. The van der Waals surface area contributed by atoms with Gasteiger partial charge in [-0.2, -0.15) is 0 Å². The highest BCUT2D eigenvalue weighted by molar-refractivity contribution is 7.89. The first-order chi connectivity index (χ1) is 9.30. The summed E-state index contributed by atoms with van der Waals surface area (Å²) in [6.07, 6.45) is 4.77. The molecule has 2 atom stereocenters. The van der Waals surface area contributed by atoms with E-state index in [2.05, 4.69) is 11.8 Å². The van der Waals surface area contributed by atoms with E-state index in [4.69, 9.17) is 10.9 Å². The minimum absolute atomic E-state index is 0.108. The van der Waals surface area contributed by atoms with Crippen LogP contribution in [0.25, 0.3) is 0 Å². The molecular weight excluding hydrogens is 274 g/mol. The fourth-order valence-corrected chi connectivity index (χ4v) is 3.59. The maximum absolute atomic E-state index is 11.5. The van der Waals surface area contributed by atoms with E-state index in [1.165, 1.54) is 25.3 Å². The second-order valence-electron chi connectivity index (χ2n) is 5.71. The van der Waals surface area contributed by atoms with Gasteiger partial charge in [-0.15, -0.1) is 0 Å². The normalized spacial score (nSPS) is 23.6. The summed E-state index contributed by atoms with van der Waals surface area (Å²) in [7, 11) is -1.72. The van der Waals surface area contributed by atoms with Crippen LogP contribution in [-0.4, -0.2) is 21.5 Å². The molecule has 1 aliphatic rings. The van der Waals surface area contributed by atoms with Gasteiger partial charge >= 0.3 is 0 Å². The molecule has 2 unspecified atom stereocenters. The number of nitrogen functional groups attached to an aromatic ring is 1. The lowest BCUT2D eigenvalue weighted by Crippen LogP contribution is -2.39. The molecule has 1 saturated carbocycles. The number of nitrogens with two attached hydrogens (primary N) is 2. The second-order valence-corrected chi connectivity index (χ2v) is 7.27. The van der Waals surface area contributed by atoms with E-state index in [-0.39, 0.29) is 4.90 Å². The summed E-state index contributed by atoms with van der Waals surface area (Å²) >= 11 is 0. The SMILES string of the molecule is CC1CCCCC1N(C)c1cc(S(N)(=O)=O)ccc1N. The van der Waals surface area contributed by atoms with Crippen LogP contribution in [0.1, 0.15) is 32.6 Å². The van der Waals surface area contributed by atoms with Crippen LogP contribution in [0.4, 0.5) is 11.4 Å². The highest BCUT2D eigenvalue weighted by Gasteiger charge is 2.26. The lowest BCUT2D eigenvalue weighted by Gasteiger charge is -2.38. The Morgan fingerprint density at radius 2 is 1.90 bits per heavy atom. The van der Waals surface area contributed by atoms with Crippen molar-refractivity contribution in [3.05, 3.63) is 18.2 Å². The summed E-state index contributed by atoms with van der Waals surface area (Å²) in [6, 6.07) is 5.03. The van der Waals surface area contributed by atoms with Crippen molar-refractivity contribution < 1.29 is 8.42 Å². The lowest BCUT2D eigenvalue weighted by atomic mass is 9.85. The number of hydrogen-bond acceptors (Lipinski definition) is 4.